The summed E-state index contributed by atoms with van der Waals surface area (Å²) >= 11 is 3.46. The van der Waals surface area contributed by atoms with Crippen molar-refractivity contribution in [3.8, 4) is 0 Å². The molecule has 0 saturated carbocycles. The van der Waals surface area contributed by atoms with E-state index in [9.17, 15) is 4.79 Å². The molecule has 0 bridgehead atoms. The summed E-state index contributed by atoms with van der Waals surface area (Å²) in [5.74, 6) is 0.0207. The predicted molar refractivity (Wildman–Crippen MR) is 122 cm³/mol. The Morgan fingerprint density at radius 3 is 2.59 bits per heavy atom. The van der Waals surface area contributed by atoms with Crippen LogP contribution >= 0.6 is 22.7 Å². The number of anilines is 1. The number of benzene rings is 2. The van der Waals surface area contributed by atoms with Crippen molar-refractivity contribution in [1.29, 1.82) is 0 Å². The van der Waals surface area contributed by atoms with Crippen LogP contribution in [0.2, 0.25) is 0 Å². The SMILES string of the molecule is C[C@H]([NH2+][C@H](C)c1cccs1)C(=O)Nc1ccc(Cc2nc3ccccc3s2)cc1. The zero-order valence-electron chi connectivity index (χ0n) is 16.5. The molecule has 0 spiro atoms. The molecule has 0 aliphatic heterocycles. The lowest BCUT2D eigenvalue weighted by Gasteiger charge is -2.15. The highest BCUT2D eigenvalue weighted by atomic mass is 32.1. The fourth-order valence-corrected chi connectivity index (χ4v) is 5.06. The Balaban J connectivity index is 1.34. The highest BCUT2D eigenvalue weighted by Crippen LogP contribution is 2.24. The molecule has 0 saturated heterocycles. The Bertz CT molecular complexity index is 1050. The highest BCUT2D eigenvalue weighted by molar-refractivity contribution is 7.18. The van der Waals surface area contributed by atoms with E-state index in [0.29, 0.717) is 0 Å². The van der Waals surface area contributed by atoms with Crippen molar-refractivity contribution in [2.75, 3.05) is 5.32 Å². The number of fused-ring (bicyclic) bond motifs is 1. The summed E-state index contributed by atoms with van der Waals surface area (Å²) in [6.45, 7) is 4.08. The number of quaternary nitrogens is 1. The van der Waals surface area contributed by atoms with Gasteiger partial charge in [0, 0.05) is 12.1 Å². The first-order chi connectivity index (χ1) is 14.1. The molecule has 4 aromatic rings. The van der Waals surface area contributed by atoms with E-state index in [1.807, 2.05) is 43.3 Å². The van der Waals surface area contributed by atoms with Gasteiger partial charge >= 0.3 is 0 Å². The molecule has 0 unspecified atom stereocenters. The third-order valence-electron chi connectivity index (χ3n) is 4.90. The number of amides is 1. The van der Waals surface area contributed by atoms with Crippen LogP contribution in [-0.4, -0.2) is 16.9 Å². The van der Waals surface area contributed by atoms with Crippen LogP contribution in [0.15, 0.2) is 66.0 Å². The lowest BCUT2D eigenvalue weighted by Crippen LogP contribution is -2.91. The largest absolute Gasteiger partial charge is 0.330 e. The van der Waals surface area contributed by atoms with Crippen molar-refractivity contribution in [2.45, 2.75) is 32.4 Å². The normalized spacial score (nSPS) is 13.3. The minimum atomic E-state index is -0.158. The van der Waals surface area contributed by atoms with E-state index in [0.717, 1.165) is 22.6 Å². The number of nitrogens with zero attached hydrogens (tertiary/aromatic N) is 1. The van der Waals surface area contributed by atoms with Crippen molar-refractivity contribution in [1.82, 2.24) is 4.98 Å². The number of carbonyl (C=O) groups excluding carboxylic acids is 1. The van der Waals surface area contributed by atoms with Gasteiger partial charge < -0.3 is 10.6 Å². The predicted octanol–water partition coefficient (Wildman–Crippen LogP) is 4.60. The van der Waals surface area contributed by atoms with Crippen molar-refractivity contribution in [2.24, 2.45) is 0 Å². The van der Waals surface area contributed by atoms with Crippen LogP contribution in [0.3, 0.4) is 0 Å². The molecular formula is C23H24N3OS2+. The first-order valence-electron chi connectivity index (χ1n) is 9.71. The molecular weight excluding hydrogens is 398 g/mol. The molecule has 3 N–H and O–H groups in total. The van der Waals surface area contributed by atoms with Gasteiger partial charge in [0.25, 0.3) is 5.91 Å². The highest BCUT2D eigenvalue weighted by Gasteiger charge is 2.20. The quantitative estimate of drug-likeness (QED) is 0.457. The van der Waals surface area contributed by atoms with Gasteiger partial charge in [-0.1, -0.05) is 30.3 Å². The number of aromatic nitrogens is 1. The van der Waals surface area contributed by atoms with Crippen molar-refractivity contribution in [3.63, 3.8) is 0 Å². The minimum absolute atomic E-state index is 0.0207. The molecule has 0 aliphatic carbocycles. The Hall–Kier alpha value is -2.54. The van der Waals surface area contributed by atoms with Crippen LogP contribution in [0.1, 0.15) is 35.3 Å². The van der Waals surface area contributed by atoms with Gasteiger partial charge in [0.1, 0.15) is 6.04 Å². The fraction of sp³-hybridized carbons (Fsp3) is 0.217. The molecule has 0 radical (unpaired) electrons. The zero-order valence-corrected chi connectivity index (χ0v) is 18.1. The van der Waals surface area contributed by atoms with Crippen LogP contribution in [-0.2, 0) is 11.2 Å². The summed E-state index contributed by atoms with van der Waals surface area (Å²) in [4.78, 5) is 18.5. The average molecular weight is 423 g/mol. The summed E-state index contributed by atoms with van der Waals surface area (Å²) < 4.78 is 1.22. The number of para-hydroxylation sites is 1. The number of thiazole rings is 1. The number of rotatable bonds is 7. The second-order valence-corrected chi connectivity index (χ2v) is 9.32. The second kappa shape index (κ2) is 8.86. The summed E-state index contributed by atoms with van der Waals surface area (Å²) in [5, 5.41) is 8.30. The first kappa shape index (κ1) is 19.8. The number of nitrogens with one attached hydrogen (secondary N) is 1. The molecule has 2 atom stereocenters. The maximum absolute atomic E-state index is 12.5. The number of nitrogens with two attached hydrogens (primary N) is 1. The van der Waals surface area contributed by atoms with Gasteiger partial charge in [0.15, 0.2) is 6.04 Å². The molecule has 2 heterocycles. The van der Waals surface area contributed by atoms with Crippen LogP contribution in [0.25, 0.3) is 10.2 Å². The number of hydrogen-bond acceptors (Lipinski definition) is 4. The van der Waals surface area contributed by atoms with Crippen molar-refractivity contribution in [3.05, 3.63) is 81.5 Å². The molecule has 0 aliphatic rings. The van der Waals surface area contributed by atoms with Crippen LogP contribution in [0.5, 0.6) is 0 Å². The molecule has 4 nitrogen and oxygen atoms in total. The summed E-state index contributed by atoms with van der Waals surface area (Å²) in [7, 11) is 0. The molecule has 6 heteroatoms. The van der Waals surface area contributed by atoms with Gasteiger partial charge in [0.2, 0.25) is 0 Å². The number of thiophene rings is 1. The maximum Gasteiger partial charge on any atom is 0.282 e. The molecule has 148 valence electrons. The first-order valence-corrected chi connectivity index (χ1v) is 11.4. The lowest BCUT2D eigenvalue weighted by atomic mass is 10.1. The lowest BCUT2D eigenvalue weighted by molar-refractivity contribution is -0.709. The topological polar surface area (TPSA) is 58.6 Å². The number of hydrogen-bond donors (Lipinski definition) is 2. The van der Waals surface area contributed by atoms with Crippen molar-refractivity contribution >= 4 is 44.5 Å². The van der Waals surface area contributed by atoms with Gasteiger partial charge in [-0.05, 0) is 55.1 Å². The third-order valence-corrected chi connectivity index (χ3v) is 7.01. The van der Waals surface area contributed by atoms with E-state index < -0.39 is 0 Å². The summed E-state index contributed by atoms with van der Waals surface area (Å²) in [5.41, 5.74) is 3.07. The van der Waals surface area contributed by atoms with E-state index in [-0.39, 0.29) is 18.0 Å². The molecule has 1 amide bonds. The minimum Gasteiger partial charge on any atom is -0.330 e. The number of carbonyl (C=O) groups is 1. The summed E-state index contributed by atoms with van der Waals surface area (Å²) in [6, 6.07) is 20.5. The van der Waals surface area contributed by atoms with E-state index in [1.54, 1.807) is 22.7 Å². The Labute approximate surface area is 178 Å². The van der Waals surface area contributed by atoms with Crippen LogP contribution < -0.4 is 10.6 Å². The van der Waals surface area contributed by atoms with Crippen LogP contribution in [0, 0.1) is 0 Å². The molecule has 2 aromatic carbocycles. The molecule has 4 rings (SSSR count). The van der Waals surface area contributed by atoms with E-state index >= 15 is 0 Å². The fourth-order valence-electron chi connectivity index (χ4n) is 3.30. The Morgan fingerprint density at radius 1 is 1.07 bits per heavy atom. The smallest absolute Gasteiger partial charge is 0.282 e. The van der Waals surface area contributed by atoms with E-state index in [2.05, 4.69) is 47.2 Å². The van der Waals surface area contributed by atoms with Gasteiger partial charge in [-0.2, -0.15) is 0 Å². The molecule has 0 fully saturated rings. The van der Waals surface area contributed by atoms with Crippen LogP contribution in [0.4, 0.5) is 5.69 Å². The van der Waals surface area contributed by atoms with Gasteiger partial charge in [0.05, 0.1) is 20.1 Å². The van der Waals surface area contributed by atoms with Gasteiger partial charge in [-0.25, -0.2) is 4.98 Å². The monoisotopic (exact) mass is 422 g/mol. The second-order valence-electron chi connectivity index (χ2n) is 7.22. The third kappa shape index (κ3) is 4.90. The van der Waals surface area contributed by atoms with Crippen molar-refractivity contribution < 1.29 is 10.1 Å². The Kier molecular flexibility index (Phi) is 6.04. The molecule has 29 heavy (non-hydrogen) atoms. The average Bonchev–Trinajstić information content (AvgIpc) is 3.39. The van der Waals surface area contributed by atoms with Gasteiger partial charge in [-0.3, -0.25) is 4.79 Å². The van der Waals surface area contributed by atoms with E-state index in [1.165, 1.54) is 15.1 Å². The summed E-state index contributed by atoms with van der Waals surface area (Å²) in [6.07, 6.45) is 0.802. The maximum atomic E-state index is 12.5. The zero-order chi connectivity index (χ0) is 20.2. The Morgan fingerprint density at radius 2 is 1.86 bits per heavy atom. The molecule has 2 aromatic heterocycles. The van der Waals surface area contributed by atoms with Gasteiger partial charge in [-0.15, -0.1) is 22.7 Å². The standard InChI is InChI=1S/C23H23N3OS2/c1-15(20-8-5-13-28-20)24-16(2)23(27)25-18-11-9-17(10-12-18)14-22-26-19-6-3-4-7-21(19)29-22/h3-13,15-16,24H,14H2,1-2H3,(H,25,27)/p+1/t15-,16+/m1/s1. The van der Waals surface area contributed by atoms with E-state index in [4.69, 9.17) is 4.98 Å².